The molecule has 1 N–H and O–H groups in total. The second kappa shape index (κ2) is 8.93. The first-order valence-electron chi connectivity index (χ1n) is 5.94. The molecule has 3 atom stereocenters. The molecule has 0 amide bonds. The van der Waals surface area contributed by atoms with Gasteiger partial charge < -0.3 is 19.3 Å². The Morgan fingerprint density at radius 2 is 1.19 bits per heavy atom. The zero-order chi connectivity index (χ0) is 12.6. The predicted octanol–water partition coefficient (Wildman–Crippen LogP) is 1.60. The van der Waals surface area contributed by atoms with Crippen LogP contribution in [0.3, 0.4) is 0 Å². The SMILES string of the molecule is CC(O)COC(C)COC(C)COC(C)C. The van der Waals surface area contributed by atoms with Crippen molar-refractivity contribution < 1.29 is 19.3 Å². The molecule has 0 aliphatic rings. The van der Waals surface area contributed by atoms with E-state index in [-0.39, 0.29) is 18.3 Å². The van der Waals surface area contributed by atoms with Gasteiger partial charge in [-0.2, -0.15) is 0 Å². The lowest BCUT2D eigenvalue weighted by Crippen LogP contribution is -2.26. The Morgan fingerprint density at radius 1 is 0.750 bits per heavy atom. The summed E-state index contributed by atoms with van der Waals surface area (Å²) < 4.78 is 16.3. The first-order chi connectivity index (χ1) is 7.41. The highest BCUT2D eigenvalue weighted by atomic mass is 16.6. The van der Waals surface area contributed by atoms with Gasteiger partial charge >= 0.3 is 0 Å². The van der Waals surface area contributed by atoms with Crippen molar-refractivity contribution in [2.75, 3.05) is 19.8 Å². The second-order valence-electron chi connectivity index (χ2n) is 4.52. The molecule has 0 spiro atoms. The second-order valence-corrected chi connectivity index (χ2v) is 4.52. The van der Waals surface area contributed by atoms with Crippen LogP contribution in [0.5, 0.6) is 0 Å². The summed E-state index contributed by atoms with van der Waals surface area (Å²) >= 11 is 0. The number of aliphatic hydroxyl groups is 1. The fourth-order valence-electron chi connectivity index (χ4n) is 1.03. The average molecular weight is 234 g/mol. The molecule has 0 bridgehead atoms. The van der Waals surface area contributed by atoms with E-state index in [0.29, 0.717) is 19.8 Å². The molecular formula is C12H26O4. The fourth-order valence-corrected chi connectivity index (χ4v) is 1.03. The number of rotatable bonds is 9. The third-order valence-corrected chi connectivity index (χ3v) is 1.90. The van der Waals surface area contributed by atoms with E-state index in [1.54, 1.807) is 6.92 Å². The summed E-state index contributed by atoms with van der Waals surface area (Å²) in [5.41, 5.74) is 0. The molecule has 3 unspecified atom stereocenters. The van der Waals surface area contributed by atoms with Gasteiger partial charge in [0.05, 0.1) is 44.2 Å². The van der Waals surface area contributed by atoms with Crippen LogP contribution in [-0.4, -0.2) is 49.3 Å². The molecule has 16 heavy (non-hydrogen) atoms. The number of hydrogen-bond donors (Lipinski definition) is 1. The van der Waals surface area contributed by atoms with Crippen LogP contribution in [0.2, 0.25) is 0 Å². The summed E-state index contributed by atoms with van der Waals surface area (Å²) in [6.45, 7) is 11.1. The molecule has 0 aromatic rings. The molecular weight excluding hydrogens is 208 g/mol. The van der Waals surface area contributed by atoms with Crippen molar-refractivity contribution in [3.63, 3.8) is 0 Å². The van der Waals surface area contributed by atoms with Crippen molar-refractivity contribution in [2.45, 2.75) is 59.0 Å². The minimum Gasteiger partial charge on any atom is -0.391 e. The van der Waals surface area contributed by atoms with Gasteiger partial charge in [0.1, 0.15) is 0 Å². The van der Waals surface area contributed by atoms with E-state index >= 15 is 0 Å². The highest BCUT2D eigenvalue weighted by molar-refractivity contribution is 4.54. The van der Waals surface area contributed by atoms with Crippen molar-refractivity contribution in [1.82, 2.24) is 0 Å². The summed E-state index contributed by atoms with van der Waals surface area (Å²) in [4.78, 5) is 0. The molecule has 0 aromatic carbocycles. The summed E-state index contributed by atoms with van der Waals surface area (Å²) in [5.74, 6) is 0. The molecule has 0 rings (SSSR count). The maximum absolute atomic E-state index is 9.04. The highest BCUT2D eigenvalue weighted by Crippen LogP contribution is 2.00. The van der Waals surface area contributed by atoms with Gasteiger partial charge in [-0.1, -0.05) is 0 Å². The van der Waals surface area contributed by atoms with Gasteiger partial charge in [-0.05, 0) is 34.6 Å². The van der Waals surface area contributed by atoms with Gasteiger partial charge in [-0.25, -0.2) is 0 Å². The van der Waals surface area contributed by atoms with Gasteiger partial charge in [0, 0.05) is 0 Å². The molecule has 0 saturated carbocycles. The van der Waals surface area contributed by atoms with E-state index in [9.17, 15) is 0 Å². The average Bonchev–Trinajstić information content (AvgIpc) is 2.20. The van der Waals surface area contributed by atoms with Crippen LogP contribution >= 0.6 is 0 Å². The Balaban J connectivity index is 3.47. The summed E-state index contributed by atoms with van der Waals surface area (Å²) in [6.07, 6.45) is -0.129. The Hall–Kier alpha value is -0.160. The number of aliphatic hydroxyl groups excluding tert-OH is 1. The lowest BCUT2D eigenvalue weighted by atomic mass is 10.4. The molecule has 4 nitrogen and oxygen atoms in total. The minimum absolute atomic E-state index is 0.00361. The van der Waals surface area contributed by atoms with E-state index in [4.69, 9.17) is 19.3 Å². The van der Waals surface area contributed by atoms with Crippen LogP contribution in [0.4, 0.5) is 0 Å². The Morgan fingerprint density at radius 3 is 1.62 bits per heavy atom. The molecule has 4 heteroatoms. The van der Waals surface area contributed by atoms with Crippen molar-refractivity contribution >= 4 is 0 Å². The third-order valence-electron chi connectivity index (χ3n) is 1.90. The largest absolute Gasteiger partial charge is 0.391 e. The monoisotopic (exact) mass is 234 g/mol. The zero-order valence-electron chi connectivity index (χ0n) is 11.1. The van der Waals surface area contributed by atoms with E-state index in [2.05, 4.69) is 0 Å². The van der Waals surface area contributed by atoms with E-state index in [1.807, 2.05) is 27.7 Å². The van der Waals surface area contributed by atoms with Gasteiger partial charge in [0.2, 0.25) is 0 Å². The van der Waals surface area contributed by atoms with Crippen molar-refractivity contribution in [3.05, 3.63) is 0 Å². The van der Waals surface area contributed by atoms with Crippen LogP contribution in [-0.2, 0) is 14.2 Å². The summed E-state index contributed by atoms with van der Waals surface area (Å²) in [7, 11) is 0. The molecule has 98 valence electrons. The van der Waals surface area contributed by atoms with Crippen LogP contribution < -0.4 is 0 Å². The predicted molar refractivity (Wildman–Crippen MR) is 63.6 cm³/mol. The van der Waals surface area contributed by atoms with Crippen LogP contribution in [0.25, 0.3) is 0 Å². The Kier molecular flexibility index (Phi) is 8.84. The number of hydrogen-bond acceptors (Lipinski definition) is 4. The van der Waals surface area contributed by atoms with E-state index in [0.717, 1.165) is 0 Å². The van der Waals surface area contributed by atoms with E-state index in [1.165, 1.54) is 0 Å². The smallest absolute Gasteiger partial charge is 0.0781 e. The fraction of sp³-hybridized carbons (Fsp3) is 1.00. The minimum atomic E-state index is -0.427. The lowest BCUT2D eigenvalue weighted by molar-refractivity contribution is -0.0761. The molecule has 0 aliphatic heterocycles. The quantitative estimate of drug-likeness (QED) is 0.658. The molecule has 0 radical (unpaired) electrons. The third kappa shape index (κ3) is 10.4. The molecule has 0 saturated heterocycles. The summed E-state index contributed by atoms with van der Waals surface area (Å²) in [5, 5.41) is 9.04. The van der Waals surface area contributed by atoms with Crippen molar-refractivity contribution in [2.24, 2.45) is 0 Å². The standard InChI is InChI=1S/C12H26O4/c1-9(2)14-7-11(4)16-8-12(5)15-6-10(3)13/h9-13H,6-8H2,1-5H3. The normalized spacial score (nSPS) is 17.4. The highest BCUT2D eigenvalue weighted by Gasteiger charge is 2.08. The van der Waals surface area contributed by atoms with Crippen molar-refractivity contribution in [1.29, 1.82) is 0 Å². The molecule has 0 aliphatic carbocycles. The molecule has 0 fully saturated rings. The van der Waals surface area contributed by atoms with E-state index < -0.39 is 6.10 Å². The Bertz CT molecular complexity index is 141. The number of ether oxygens (including phenoxy) is 3. The van der Waals surface area contributed by atoms with Gasteiger partial charge in [-0.3, -0.25) is 0 Å². The van der Waals surface area contributed by atoms with Gasteiger partial charge in [0.15, 0.2) is 0 Å². The lowest BCUT2D eigenvalue weighted by Gasteiger charge is -2.19. The Labute approximate surface area is 98.9 Å². The van der Waals surface area contributed by atoms with Crippen LogP contribution in [0.1, 0.15) is 34.6 Å². The van der Waals surface area contributed by atoms with Crippen LogP contribution in [0, 0.1) is 0 Å². The molecule has 0 heterocycles. The molecule has 0 aromatic heterocycles. The zero-order valence-corrected chi connectivity index (χ0v) is 11.1. The van der Waals surface area contributed by atoms with Gasteiger partial charge in [0.25, 0.3) is 0 Å². The van der Waals surface area contributed by atoms with Crippen LogP contribution in [0.15, 0.2) is 0 Å². The maximum atomic E-state index is 9.04. The van der Waals surface area contributed by atoms with Crippen molar-refractivity contribution in [3.8, 4) is 0 Å². The first-order valence-corrected chi connectivity index (χ1v) is 5.94. The first kappa shape index (κ1) is 15.8. The topological polar surface area (TPSA) is 47.9 Å². The summed E-state index contributed by atoms with van der Waals surface area (Å²) in [6, 6.07) is 0. The van der Waals surface area contributed by atoms with Gasteiger partial charge in [-0.15, -0.1) is 0 Å². The maximum Gasteiger partial charge on any atom is 0.0781 e.